The van der Waals surface area contributed by atoms with Gasteiger partial charge in [-0.15, -0.1) is 0 Å². The molecule has 3 atom stereocenters. The van der Waals surface area contributed by atoms with Crippen molar-refractivity contribution in [2.24, 2.45) is 11.3 Å². The molecule has 0 spiro atoms. The Balaban J connectivity index is 2.35. The first kappa shape index (κ1) is 13.4. The normalized spacial score (nSPS) is 32.6. The summed E-state index contributed by atoms with van der Waals surface area (Å²) in [6, 6.07) is 0.748. The highest BCUT2D eigenvalue weighted by molar-refractivity contribution is 7.99. The quantitative estimate of drug-likeness (QED) is 0.791. The predicted octanol–water partition coefficient (Wildman–Crippen LogP) is 3.54. The summed E-state index contributed by atoms with van der Waals surface area (Å²) in [5.74, 6) is 0.885. The summed E-state index contributed by atoms with van der Waals surface area (Å²) in [5, 5.41) is 4.48. The van der Waals surface area contributed by atoms with E-state index in [-0.39, 0.29) is 0 Å². The number of thioether (sulfide) groups is 1. The molecule has 1 rings (SSSR count). The fourth-order valence-corrected chi connectivity index (χ4v) is 3.18. The van der Waals surface area contributed by atoms with Crippen LogP contribution in [-0.2, 0) is 0 Å². The third-order valence-corrected chi connectivity index (χ3v) is 4.45. The number of hydrogen-bond acceptors (Lipinski definition) is 2. The van der Waals surface area contributed by atoms with Gasteiger partial charge in [-0.1, -0.05) is 27.7 Å². The van der Waals surface area contributed by atoms with E-state index in [2.05, 4.69) is 39.3 Å². The van der Waals surface area contributed by atoms with Gasteiger partial charge >= 0.3 is 0 Å². The van der Waals surface area contributed by atoms with Crippen molar-refractivity contribution in [3.05, 3.63) is 0 Å². The van der Waals surface area contributed by atoms with Crippen molar-refractivity contribution < 1.29 is 0 Å². The van der Waals surface area contributed by atoms with Gasteiger partial charge in [-0.3, -0.25) is 0 Å². The second-order valence-corrected chi connectivity index (χ2v) is 7.34. The van der Waals surface area contributed by atoms with E-state index in [1.807, 2.05) is 11.8 Å². The molecule has 1 N–H and O–H groups in total. The summed E-state index contributed by atoms with van der Waals surface area (Å²) in [7, 11) is 0. The van der Waals surface area contributed by atoms with Crippen LogP contribution in [0.1, 0.15) is 47.0 Å². The highest BCUT2D eigenvalue weighted by Crippen LogP contribution is 2.38. The van der Waals surface area contributed by atoms with Crippen molar-refractivity contribution in [3.63, 3.8) is 0 Å². The second-order valence-electron chi connectivity index (χ2n) is 6.06. The van der Waals surface area contributed by atoms with E-state index in [0.29, 0.717) is 5.41 Å². The Labute approximate surface area is 99.8 Å². The van der Waals surface area contributed by atoms with Crippen LogP contribution >= 0.6 is 11.8 Å². The smallest absolute Gasteiger partial charge is 0.0141 e. The summed E-state index contributed by atoms with van der Waals surface area (Å²) in [6.07, 6.45) is 6.30. The van der Waals surface area contributed by atoms with Crippen LogP contribution in [0.3, 0.4) is 0 Å². The molecule has 0 bridgehead atoms. The van der Waals surface area contributed by atoms with Crippen LogP contribution in [-0.4, -0.2) is 24.1 Å². The van der Waals surface area contributed by atoms with Gasteiger partial charge in [-0.05, 0) is 36.9 Å². The van der Waals surface area contributed by atoms with E-state index in [1.54, 1.807) is 0 Å². The first-order valence-electron chi connectivity index (χ1n) is 6.19. The molecule has 2 heteroatoms. The fraction of sp³-hybridized carbons (Fsp3) is 1.00. The highest BCUT2D eigenvalue weighted by Gasteiger charge is 2.31. The Hall–Kier alpha value is 0.310. The Morgan fingerprint density at radius 2 is 2.07 bits per heavy atom. The fourth-order valence-electron chi connectivity index (χ4n) is 2.92. The monoisotopic (exact) mass is 229 g/mol. The van der Waals surface area contributed by atoms with Crippen LogP contribution in [0.5, 0.6) is 0 Å². The third-order valence-electron chi connectivity index (χ3n) is 3.48. The molecule has 1 aliphatic carbocycles. The van der Waals surface area contributed by atoms with Crippen LogP contribution in [0, 0.1) is 11.3 Å². The summed E-state index contributed by atoms with van der Waals surface area (Å²) in [5.41, 5.74) is 0.540. The molecule has 0 aromatic rings. The molecule has 0 heterocycles. The molecule has 0 aromatic heterocycles. The molecule has 1 aliphatic rings. The molecule has 90 valence electrons. The standard InChI is InChI=1S/C13H27NS/c1-10-6-12(8-13(3,4)7-10)14-9-11(2)15-5/h10-12,14H,6-9H2,1-5H3. The Morgan fingerprint density at radius 1 is 1.40 bits per heavy atom. The van der Waals surface area contributed by atoms with E-state index in [4.69, 9.17) is 0 Å². The van der Waals surface area contributed by atoms with Gasteiger partial charge < -0.3 is 5.32 Å². The molecular formula is C13H27NS. The average Bonchev–Trinajstić information content (AvgIpc) is 2.11. The molecule has 3 unspecified atom stereocenters. The van der Waals surface area contributed by atoms with Gasteiger partial charge in [-0.25, -0.2) is 0 Å². The minimum atomic E-state index is 0.540. The Bertz CT molecular complexity index is 191. The average molecular weight is 229 g/mol. The lowest BCUT2D eigenvalue weighted by molar-refractivity contribution is 0.152. The van der Waals surface area contributed by atoms with Crippen LogP contribution in [0.25, 0.3) is 0 Å². The Kier molecular flexibility index (Phi) is 4.98. The topological polar surface area (TPSA) is 12.0 Å². The molecule has 0 saturated heterocycles. The van der Waals surface area contributed by atoms with Crippen molar-refractivity contribution >= 4 is 11.8 Å². The number of rotatable bonds is 4. The zero-order valence-corrected chi connectivity index (χ0v) is 11.8. The van der Waals surface area contributed by atoms with Gasteiger partial charge in [0.15, 0.2) is 0 Å². The lowest BCUT2D eigenvalue weighted by Gasteiger charge is -2.39. The maximum Gasteiger partial charge on any atom is 0.0141 e. The van der Waals surface area contributed by atoms with Crippen LogP contribution in [0.15, 0.2) is 0 Å². The lowest BCUT2D eigenvalue weighted by Crippen LogP contribution is -2.42. The SMILES string of the molecule is CSC(C)CNC1CC(C)CC(C)(C)C1. The summed E-state index contributed by atoms with van der Waals surface area (Å²) in [4.78, 5) is 0. The van der Waals surface area contributed by atoms with Gasteiger partial charge in [0.1, 0.15) is 0 Å². The van der Waals surface area contributed by atoms with Crippen molar-refractivity contribution in [1.82, 2.24) is 5.32 Å². The van der Waals surface area contributed by atoms with Crippen molar-refractivity contribution in [3.8, 4) is 0 Å². The van der Waals surface area contributed by atoms with Crippen LogP contribution in [0.2, 0.25) is 0 Å². The molecule has 0 aliphatic heterocycles. The molecule has 1 nitrogen and oxygen atoms in total. The lowest BCUT2D eigenvalue weighted by atomic mass is 9.70. The minimum absolute atomic E-state index is 0.540. The van der Waals surface area contributed by atoms with Crippen LogP contribution in [0.4, 0.5) is 0 Å². The van der Waals surface area contributed by atoms with E-state index in [1.165, 1.54) is 19.3 Å². The molecule has 0 radical (unpaired) electrons. The molecule has 0 aromatic carbocycles. The first-order chi connectivity index (χ1) is 6.93. The first-order valence-corrected chi connectivity index (χ1v) is 7.48. The van der Waals surface area contributed by atoms with Gasteiger partial charge in [0.05, 0.1) is 0 Å². The van der Waals surface area contributed by atoms with Gasteiger partial charge in [0.25, 0.3) is 0 Å². The van der Waals surface area contributed by atoms with Crippen molar-refractivity contribution in [1.29, 1.82) is 0 Å². The molecule has 1 saturated carbocycles. The zero-order chi connectivity index (χ0) is 11.5. The van der Waals surface area contributed by atoms with E-state index in [9.17, 15) is 0 Å². The Morgan fingerprint density at radius 3 is 2.60 bits per heavy atom. The summed E-state index contributed by atoms with van der Waals surface area (Å²) in [6.45, 7) is 10.7. The summed E-state index contributed by atoms with van der Waals surface area (Å²) < 4.78 is 0. The van der Waals surface area contributed by atoms with Gasteiger partial charge in [-0.2, -0.15) is 11.8 Å². The van der Waals surface area contributed by atoms with Gasteiger partial charge in [0.2, 0.25) is 0 Å². The summed E-state index contributed by atoms with van der Waals surface area (Å²) >= 11 is 1.95. The third kappa shape index (κ3) is 4.78. The maximum atomic E-state index is 3.74. The van der Waals surface area contributed by atoms with Crippen molar-refractivity contribution in [2.45, 2.75) is 58.2 Å². The van der Waals surface area contributed by atoms with E-state index < -0.39 is 0 Å². The molecule has 15 heavy (non-hydrogen) atoms. The maximum absolute atomic E-state index is 3.74. The second kappa shape index (κ2) is 5.58. The largest absolute Gasteiger partial charge is 0.313 e. The highest BCUT2D eigenvalue weighted by atomic mass is 32.2. The van der Waals surface area contributed by atoms with Gasteiger partial charge in [0, 0.05) is 17.8 Å². The number of hydrogen-bond donors (Lipinski definition) is 1. The van der Waals surface area contributed by atoms with E-state index in [0.717, 1.165) is 23.8 Å². The van der Waals surface area contributed by atoms with E-state index >= 15 is 0 Å². The molecule has 0 amide bonds. The minimum Gasteiger partial charge on any atom is -0.313 e. The molecular weight excluding hydrogens is 202 g/mol. The molecule has 1 fully saturated rings. The number of nitrogens with one attached hydrogen (secondary N) is 1. The van der Waals surface area contributed by atoms with Crippen molar-refractivity contribution in [2.75, 3.05) is 12.8 Å². The zero-order valence-electron chi connectivity index (χ0n) is 11.0. The predicted molar refractivity (Wildman–Crippen MR) is 71.6 cm³/mol. The van der Waals surface area contributed by atoms with Crippen LogP contribution < -0.4 is 5.32 Å².